The monoisotopic (exact) mass is 543 g/mol. The van der Waals surface area contributed by atoms with Crippen LogP contribution in [0.4, 0.5) is 10.5 Å². The lowest BCUT2D eigenvalue weighted by molar-refractivity contribution is 0.0240. The number of fused-ring (bicyclic) bond motifs is 1. The highest BCUT2D eigenvalue weighted by atomic mass is 32.2. The van der Waals surface area contributed by atoms with Crippen molar-refractivity contribution in [2.24, 2.45) is 0 Å². The van der Waals surface area contributed by atoms with Gasteiger partial charge in [-0.15, -0.1) is 0 Å². The van der Waals surface area contributed by atoms with Gasteiger partial charge in [-0.25, -0.2) is 18.0 Å². The van der Waals surface area contributed by atoms with Gasteiger partial charge < -0.3 is 24.1 Å². The molecule has 2 heterocycles. The van der Waals surface area contributed by atoms with Gasteiger partial charge in [-0.1, -0.05) is 18.2 Å². The largest absolute Gasteiger partial charge is 0.475 e. The molecule has 1 aliphatic heterocycles. The summed E-state index contributed by atoms with van der Waals surface area (Å²) in [5.74, 6) is -1.41. The van der Waals surface area contributed by atoms with Crippen LogP contribution in [0.2, 0.25) is 0 Å². The van der Waals surface area contributed by atoms with Gasteiger partial charge in [0, 0.05) is 56.4 Å². The van der Waals surface area contributed by atoms with E-state index in [1.807, 2.05) is 45.0 Å². The Balaban J connectivity index is 1.51. The number of hydrogen-bond acceptors (Lipinski definition) is 7. The standard InChI is InChI=1S/C27H33N3O7S/c1-18-21-16-20(10-11-23(21)36-24(18)25(31)32)38(34,35)28(5)17-19-8-6-7-9-22(19)29-12-14-30(15-13-29)26(33)37-27(2,3)4/h6-11,16H,12-15,17H2,1-5H3,(H,31,32). The second-order valence-corrected chi connectivity index (χ2v) is 12.4. The van der Waals surface area contributed by atoms with Gasteiger partial charge in [-0.05, 0) is 57.5 Å². The van der Waals surface area contributed by atoms with Crippen molar-refractivity contribution in [1.82, 2.24) is 9.21 Å². The lowest BCUT2D eigenvalue weighted by Gasteiger charge is -2.37. The lowest BCUT2D eigenvalue weighted by Crippen LogP contribution is -2.50. The van der Waals surface area contributed by atoms with Crippen LogP contribution in [-0.2, 0) is 21.3 Å². The number of aryl methyl sites for hydroxylation is 1. The van der Waals surface area contributed by atoms with E-state index >= 15 is 0 Å². The molecular weight excluding hydrogens is 510 g/mol. The molecule has 0 unspecified atom stereocenters. The maximum absolute atomic E-state index is 13.5. The molecule has 0 spiro atoms. The predicted octanol–water partition coefficient (Wildman–Crippen LogP) is 4.32. The van der Waals surface area contributed by atoms with E-state index in [4.69, 9.17) is 9.15 Å². The Labute approximate surface area is 222 Å². The van der Waals surface area contributed by atoms with Crippen LogP contribution in [0.5, 0.6) is 0 Å². The average Bonchev–Trinajstić information content (AvgIpc) is 3.19. The first kappa shape index (κ1) is 27.5. The number of hydrogen-bond donors (Lipinski definition) is 1. The number of carboxylic acids is 1. The number of carbonyl (C=O) groups is 2. The molecule has 204 valence electrons. The predicted molar refractivity (Wildman–Crippen MR) is 143 cm³/mol. The van der Waals surface area contributed by atoms with Crippen molar-refractivity contribution in [3.63, 3.8) is 0 Å². The zero-order valence-corrected chi connectivity index (χ0v) is 23.0. The van der Waals surface area contributed by atoms with Crippen LogP contribution in [0.1, 0.15) is 42.5 Å². The molecule has 1 saturated heterocycles. The third-order valence-electron chi connectivity index (χ3n) is 6.47. The minimum atomic E-state index is -3.88. The molecule has 1 aliphatic rings. The molecule has 38 heavy (non-hydrogen) atoms. The highest BCUT2D eigenvalue weighted by molar-refractivity contribution is 7.89. The summed E-state index contributed by atoms with van der Waals surface area (Å²) in [7, 11) is -2.37. The van der Waals surface area contributed by atoms with Crippen molar-refractivity contribution in [3.05, 3.63) is 59.4 Å². The Morgan fingerprint density at radius 3 is 2.37 bits per heavy atom. The molecule has 1 N–H and O–H groups in total. The Morgan fingerprint density at radius 2 is 1.74 bits per heavy atom. The van der Waals surface area contributed by atoms with Gasteiger partial charge in [0.1, 0.15) is 11.2 Å². The number of anilines is 1. The number of carboxylic acid groups (broad SMARTS) is 1. The third-order valence-corrected chi connectivity index (χ3v) is 8.27. The van der Waals surface area contributed by atoms with Crippen molar-refractivity contribution in [3.8, 4) is 0 Å². The topological polar surface area (TPSA) is 121 Å². The Hall–Kier alpha value is -3.57. The van der Waals surface area contributed by atoms with Gasteiger partial charge in [0.25, 0.3) is 0 Å². The van der Waals surface area contributed by atoms with Crippen LogP contribution in [-0.4, -0.2) is 73.6 Å². The van der Waals surface area contributed by atoms with Gasteiger partial charge in [-0.3, -0.25) is 0 Å². The molecule has 1 amide bonds. The Morgan fingerprint density at radius 1 is 1.08 bits per heavy atom. The van der Waals surface area contributed by atoms with E-state index in [9.17, 15) is 23.1 Å². The van der Waals surface area contributed by atoms with Crippen molar-refractivity contribution in [2.45, 2.75) is 44.7 Å². The van der Waals surface area contributed by atoms with Crippen LogP contribution in [0, 0.1) is 6.92 Å². The van der Waals surface area contributed by atoms with Crippen LogP contribution < -0.4 is 4.90 Å². The normalized spacial score (nSPS) is 14.8. The van der Waals surface area contributed by atoms with Crippen LogP contribution >= 0.6 is 0 Å². The summed E-state index contributed by atoms with van der Waals surface area (Å²) in [6.45, 7) is 9.42. The maximum atomic E-state index is 13.5. The van der Waals surface area contributed by atoms with Crippen LogP contribution in [0.3, 0.4) is 0 Å². The Kier molecular flexibility index (Phi) is 7.44. The minimum Gasteiger partial charge on any atom is -0.475 e. The molecule has 1 fully saturated rings. The van der Waals surface area contributed by atoms with Crippen molar-refractivity contribution >= 4 is 38.7 Å². The number of piperazine rings is 1. The van der Waals surface area contributed by atoms with Gasteiger partial charge in [0.2, 0.25) is 15.8 Å². The summed E-state index contributed by atoms with van der Waals surface area (Å²) in [4.78, 5) is 27.7. The molecule has 0 aliphatic carbocycles. The zero-order chi connectivity index (χ0) is 27.8. The zero-order valence-electron chi connectivity index (χ0n) is 22.2. The van der Waals surface area contributed by atoms with Gasteiger partial charge in [-0.2, -0.15) is 4.31 Å². The number of ether oxygens (including phenoxy) is 1. The molecule has 10 nitrogen and oxygen atoms in total. The van der Waals surface area contributed by atoms with Crippen LogP contribution in [0.15, 0.2) is 51.8 Å². The molecular formula is C27H33N3O7S. The lowest BCUT2D eigenvalue weighted by atomic mass is 10.1. The van der Waals surface area contributed by atoms with Crippen molar-refractivity contribution in [2.75, 3.05) is 38.1 Å². The second kappa shape index (κ2) is 10.3. The maximum Gasteiger partial charge on any atom is 0.410 e. The summed E-state index contributed by atoms with van der Waals surface area (Å²) in [6.07, 6.45) is -0.337. The second-order valence-electron chi connectivity index (χ2n) is 10.4. The van der Waals surface area contributed by atoms with Gasteiger partial charge in [0.05, 0.1) is 4.90 Å². The number of rotatable bonds is 6. The first-order chi connectivity index (χ1) is 17.8. The number of nitrogens with zero attached hydrogens (tertiary/aromatic N) is 3. The Bertz CT molecular complexity index is 1470. The summed E-state index contributed by atoms with van der Waals surface area (Å²) >= 11 is 0. The fourth-order valence-electron chi connectivity index (χ4n) is 4.48. The van der Waals surface area contributed by atoms with E-state index in [0.29, 0.717) is 42.7 Å². The van der Waals surface area contributed by atoms with Gasteiger partial charge >= 0.3 is 12.1 Å². The number of amides is 1. The third kappa shape index (κ3) is 5.63. The fourth-order valence-corrected chi connectivity index (χ4v) is 5.65. The number of para-hydroxylation sites is 1. The van der Waals surface area contributed by atoms with Crippen LogP contribution in [0.25, 0.3) is 11.0 Å². The van der Waals surface area contributed by atoms with E-state index in [2.05, 4.69) is 4.90 Å². The molecule has 2 aromatic carbocycles. The molecule has 1 aromatic heterocycles. The van der Waals surface area contributed by atoms with Crippen molar-refractivity contribution in [1.29, 1.82) is 0 Å². The average molecular weight is 544 g/mol. The highest BCUT2D eigenvalue weighted by Crippen LogP contribution is 2.30. The van der Waals surface area contributed by atoms with E-state index in [1.165, 1.54) is 29.6 Å². The van der Waals surface area contributed by atoms with E-state index in [1.54, 1.807) is 11.8 Å². The first-order valence-corrected chi connectivity index (χ1v) is 13.8. The highest BCUT2D eigenvalue weighted by Gasteiger charge is 2.28. The molecule has 11 heteroatoms. The summed E-state index contributed by atoms with van der Waals surface area (Å²) in [5, 5.41) is 9.76. The minimum absolute atomic E-state index is 0.0526. The molecule has 0 bridgehead atoms. The quantitative estimate of drug-likeness (QED) is 0.488. The molecule has 0 atom stereocenters. The van der Waals surface area contributed by atoms with Gasteiger partial charge in [0.15, 0.2) is 0 Å². The number of sulfonamides is 1. The summed E-state index contributed by atoms with van der Waals surface area (Å²) < 4.78 is 39.0. The van der Waals surface area contributed by atoms with E-state index < -0.39 is 21.6 Å². The van der Waals surface area contributed by atoms with E-state index in [0.717, 1.165) is 11.3 Å². The fraction of sp³-hybridized carbons (Fsp3) is 0.407. The molecule has 0 radical (unpaired) electrons. The van der Waals surface area contributed by atoms with Crippen molar-refractivity contribution < 1.29 is 32.3 Å². The smallest absolute Gasteiger partial charge is 0.410 e. The molecule has 0 saturated carbocycles. The number of aromatic carboxylic acids is 1. The number of carbonyl (C=O) groups excluding carboxylic acids is 1. The number of furan rings is 1. The summed E-state index contributed by atoms with van der Waals surface area (Å²) in [6, 6.07) is 12.0. The van der Waals surface area contributed by atoms with E-state index in [-0.39, 0.29) is 23.3 Å². The first-order valence-electron chi connectivity index (χ1n) is 12.3. The SMILES string of the molecule is Cc1c(C(=O)O)oc2ccc(S(=O)(=O)N(C)Cc3ccccc3N3CCN(C(=O)OC(C)(C)C)CC3)cc12. The molecule has 4 rings (SSSR count). The number of benzene rings is 2. The molecule has 3 aromatic rings. The summed E-state index contributed by atoms with van der Waals surface area (Å²) in [5.41, 5.74) is 1.88.